The Morgan fingerprint density at radius 1 is 0.912 bits per heavy atom. The first-order valence-corrected chi connectivity index (χ1v) is 20.2. The molecule has 0 aromatic heterocycles. The highest BCUT2D eigenvalue weighted by Crippen LogP contribution is 2.25. The summed E-state index contributed by atoms with van der Waals surface area (Å²) in [6.07, 6.45) is -2.89. The monoisotopic (exact) mass is 800 g/mol. The fourth-order valence-corrected chi connectivity index (χ4v) is 7.31. The number of carbonyl (C=O) groups excluding carboxylic acids is 7. The second-order valence-electron chi connectivity index (χ2n) is 16.4. The van der Waals surface area contributed by atoms with Gasteiger partial charge in [-0.15, -0.1) is 0 Å². The molecule has 0 aliphatic carbocycles. The number of hydrogen-bond donors (Lipinski definition) is 3. The minimum absolute atomic E-state index is 0.0539. The molecule has 15 nitrogen and oxygen atoms in total. The van der Waals surface area contributed by atoms with Crippen LogP contribution in [-0.4, -0.2) is 119 Å². The van der Waals surface area contributed by atoms with E-state index in [1.807, 2.05) is 20.8 Å². The van der Waals surface area contributed by atoms with Gasteiger partial charge in [0.1, 0.15) is 30.0 Å². The van der Waals surface area contributed by atoms with Gasteiger partial charge in [-0.3, -0.25) is 28.8 Å². The number of carbonyl (C=O) groups is 7. The maximum atomic E-state index is 14.3. The summed E-state index contributed by atoms with van der Waals surface area (Å²) in [6, 6.07) is 2.92. The van der Waals surface area contributed by atoms with Gasteiger partial charge in [0, 0.05) is 20.0 Å². The van der Waals surface area contributed by atoms with Crippen molar-refractivity contribution in [3.05, 3.63) is 29.8 Å². The number of fused-ring (bicyclic) bond motifs is 1. The topological polar surface area (TPSA) is 198 Å². The fraction of sp³-hybridized carbons (Fsp3) is 0.690. The largest absolute Gasteiger partial charge is 0.497 e. The smallest absolute Gasteiger partial charge is 0.329 e. The molecule has 0 saturated carbocycles. The Labute approximate surface area is 336 Å². The lowest BCUT2D eigenvalue weighted by Crippen LogP contribution is -2.57. The van der Waals surface area contributed by atoms with Crippen LogP contribution in [0.1, 0.15) is 99.5 Å². The third-order valence-corrected chi connectivity index (χ3v) is 10.9. The molecule has 0 spiro atoms. The zero-order chi connectivity index (χ0) is 42.7. The maximum absolute atomic E-state index is 14.3. The lowest BCUT2D eigenvalue weighted by molar-refractivity contribution is -0.162. The molecule has 2 aliphatic heterocycles. The standard InChI is InChI=1S/C42H64N4O11/c1-11-25(6)36-33(47)22-35(49)57-38(24(4)5)37(50)27(8)39(51)43-30(19-23(2)3)40(52)46-18-12-13-31(46)41(53)45(9)32(21-28-14-16-29(55-10)17-15-28)42(54)56-26(7)20-34(48)44-36/h14-17,23-27,30-33,36,38,47H,11-13,18-22H2,1-10H3,(H,43,51)(H,44,48)/t25?,26-,27+,30+,31?,32+,33+,36?,38+/m1/s1. The number of methoxy groups -OCH3 is 1. The first kappa shape index (κ1) is 46.8. The van der Waals surface area contributed by atoms with Gasteiger partial charge in [-0.1, -0.05) is 60.1 Å². The molecule has 0 bridgehead atoms. The zero-order valence-electron chi connectivity index (χ0n) is 35.2. The van der Waals surface area contributed by atoms with Crippen LogP contribution >= 0.6 is 0 Å². The molecule has 9 atom stereocenters. The molecular weight excluding hydrogens is 736 g/mol. The molecule has 0 radical (unpaired) electrons. The third kappa shape index (κ3) is 12.7. The Morgan fingerprint density at radius 2 is 1.56 bits per heavy atom. The van der Waals surface area contributed by atoms with Crippen LogP contribution in [0.2, 0.25) is 0 Å². The van der Waals surface area contributed by atoms with Gasteiger partial charge in [0.05, 0.1) is 38.0 Å². The summed E-state index contributed by atoms with van der Waals surface area (Å²) < 4.78 is 16.7. The number of likely N-dealkylation sites (N-methyl/N-ethyl adjacent to an activating group) is 1. The molecule has 1 aromatic rings. The second-order valence-corrected chi connectivity index (χ2v) is 16.4. The molecule has 318 valence electrons. The number of hydrogen-bond acceptors (Lipinski definition) is 11. The summed E-state index contributed by atoms with van der Waals surface area (Å²) in [5.41, 5.74) is 0.700. The van der Waals surface area contributed by atoms with Crippen LogP contribution in [0.25, 0.3) is 0 Å². The van der Waals surface area contributed by atoms with Crippen LogP contribution in [0, 0.1) is 23.7 Å². The lowest BCUT2D eigenvalue weighted by Gasteiger charge is -2.34. The van der Waals surface area contributed by atoms with Crippen molar-refractivity contribution in [3.8, 4) is 5.75 Å². The van der Waals surface area contributed by atoms with Crippen molar-refractivity contribution in [3.63, 3.8) is 0 Å². The predicted molar refractivity (Wildman–Crippen MR) is 210 cm³/mol. The second kappa shape index (κ2) is 21.3. The molecule has 57 heavy (non-hydrogen) atoms. The van der Waals surface area contributed by atoms with Gasteiger partial charge in [0.15, 0.2) is 11.9 Å². The van der Waals surface area contributed by atoms with Crippen molar-refractivity contribution in [2.75, 3.05) is 20.7 Å². The highest BCUT2D eigenvalue weighted by Gasteiger charge is 2.43. The van der Waals surface area contributed by atoms with Crippen molar-refractivity contribution in [2.24, 2.45) is 23.7 Å². The van der Waals surface area contributed by atoms with Crippen LogP contribution in [0.3, 0.4) is 0 Å². The zero-order valence-corrected chi connectivity index (χ0v) is 35.2. The number of amides is 4. The van der Waals surface area contributed by atoms with Crippen molar-refractivity contribution >= 4 is 41.4 Å². The van der Waals surface area contributed by atoms with Crippen molar-refractivity contribution in [2.45, 2.75) is 143 Å². The first-order valence-electron chi connectivity index (χ1n) is 20.2. The number of rotatable bonds is 8. The molecule has 2 saturated heterocycles. The number of nitrogens with zero attached hydrogens (tertiary/aromatic N) is 2. The number of benzene rings is 1. The number of ketones is 1. The summed E-state index contributed by atoms with van der Waals surface area (Å²) in [5, 5.41) is 16.8. The Kier molecular flexibility index (Phi) is 17.5. The molecule has 1 aromatic carbocycles. The van der Waals surface area contributed by atoms with Crippen LogP contribution in [-0.2, 0) is 49.5 Å². The summed E-state index contributed by atoms with van der Waals surface area (Å²) in [7, 11) is 3.01. The normalized spacial score (nSPS) is 28.8. The van der Waals surface area contributed by atoms with Crippen LogP contribution in [0.5, 0.6) is 5.75 Å². The van der Waals surface area contributed by atoms with E-state index >= 15 is 0 Å². The summed E-state index contributed by atoms with van der Waals surface area (Å²) >= 11 is 0. The Hall–Kier alpha value is -4.53. The van der Waals surface area contributed by atoms with Gasteiger partial charge < -0.3 is 39.8 Å². The predicted octanol–water partition coefficient (Wildman–Crippen LogP) is 2.98. The fourth-order valence-electron chi connectivity index (χ4n) is 7.31. The van der Waals surface area contributed by atoms with E-state index in [1.165, 1.54) is 30.9 Å². The van der Waals surface area contributed by atoms with E-state index in [9.17, 15) is 38.7 Å². The molecular formula is C42H64N4O11. The molecule has 2 heterocycles. The molecule has 2 fully saturated rings. The van der Waals surface area contributed by atoms with Gasteiger partial charge in [-0.25, -0.2) is 4.79 Å². The highest BCUT2D eigenvalue weighted by atomic mass is 16.6. The highest BCUT2D eigenvalue weighted by molar-refractivity contribution is 6.05. The summed E-state index contributed by atoms with van der Waals surface area (Å²) in [5.74, 6) is -6.22. The van der Waals surface area contributed by atoms with Gasteiger partial charge in [0.2, 0.25) is 23.6 Å². The molecule has 2 aliphatic rings. The Bertz CT molecular complexity index is 1580. The van der Waals surface area contributed by atoms with Crippen LogP contribution in [0.15, 0.2) is 24.3 Å². The molecule has 15 heteroatoms. The third-order valence-electron chi connectivity index (χ3n) is 10.9. The van der Waals surface area contributed by atoms with Gasteiger partial charge in [0.25, 0.3) is 0 Å². The number of esters is 2. The van der Waals surface area contributed by atoms with Crippen LogP contribution in [0.4, 0.5) is 0 Å². The summed E-state index contributed by atoms with van der Waals surface area (Å²) in [6.45, 7) is 13.9. The van der Waals surface area contributed by atoms with E-state index in [2.05, 4.69) is 10.6 Å². The molecule has 3 N–H and O–H groups in total. The van der Waals surface area contributed by atoms with Gasteiger partial charge in [-0.2, -0.15) is 0 Å². The number of aliphatic hydroxyl groups excluding tert-OH is 1. The molecule has 3 rings (SSSR count). The van der Waals surface area contributed by atoms with Crippen molar-refractivity contribution < 1.29 is 52.9 Å². The number of cyclic esters (lactones) is 2. The molecule has 4 amide bonds. The minimum atomic E-state index is -1.40. The van der Waals surface area contributed by atoms with E-state index in [0.29, 0.717) is 30.6 Å². The lowest BCUT2D eigenvalue weighted by atomic mass is 9.91. The van der Waals surface area contributed by atoms with E-state index < -0.39 is 102 Å². The number of Topliss-reactive ketones (excluding diaryl/α,β-unsaturated/α-hetero) is 1. The number of ether oxygens (including phenoxy) is 3. The average Bonchev–Trinajstić information content (AvgIpc) is 3.65. The van der Waals surface area contributed by atoms with Gasteiger partial charge >= 0.3 is 11.9 Å². The number of aliphatic hydroxyl groups is 1. The Morgan fingerprint density at radius 3 is 2.14 bits per heavy atom. The van der Waals surface area contributed by atoms with Crippen molar-refractivity contribution in [1.29, 1.82) is 0 Å². The minimum Gasteiger partial charge on any atom is -0.497 e. The van der Waals surface area contributed by atoms with E-state index in [1.54, 1.807) is 52.0 Å². The van der Waals surface area contributed by atoms with Crippen molar-refractivity contribution in [1.82, 2.24) is 20.4 Å². The molecule has 3 unspecified atom stereocenters. The van der Waals surface area contributed by atoms with E-state index in [4.69, 9.17) is 14.2 Å². The summed E-state index contributed by atoms with van der Waals surface area (Å²) in [4.78, 5) is 99.3. The Balaban J connectivity index is 2.07. The van der Waals surface area contributed by atoms with E-state index in [0.717, 1.165) is 0 Å². The quantitative estimate of drug-likeness (QED) is 0.258. The number of nitrogens with one attached hydrogen (secondary N) is 2. The van der Waals surface area contributed by atoms with Crippen LogP contribution < -0.4 is 15.4 Å². The SMILES string of the molecule is CCC(C)C1NC(=O)C[C@@H](C)OC(=O)[C@H](Cc2ccc(OC)cc2)N(C)C(=O)C2CCCN2C(=O)[C@H](CC(C)C)NC(=O)[C@@H](C)C(=O)[C@H](C(C)C)OC(=O)C[C@@H]1O. The average molecular weight is 801 g/mol. The van der Waals surface area contributed by atoms with Gasteiger partial charge in [-0.05, 0) is 68.6 Å². The van der Waals surface area contributed by atoms with E-state index in [-0.39, 0.29) is 37.6 Å². The maximum Gasteiger partial charge on any atom is 0.329 e. The first-order chi connectivity index (χ1) is 26.8.